The number of thioether (sulfide) groups is 1. The molecule has 1 aliphatic carbocycles. The molecule has 5 N–H and O–H groups in total. The molecule has 2 rings (SSSR count). The number of aliphatic carboxylic acids is 2. The number of hydrogen-bond acceptors (Lipinski definition) is 6. The fourth-order valence-electron chi connectivity index (χ4n) is 2.51. The van der Waals surface area contributed by atoms with E-state index in [9.17, 15) is 19.5 Å². The summed E-state index contributed by atoms with van der Waals surface area (Å²) in [4.78, 5) is 32.9. The van der Waals surface area contributed by atoms with Crippen LogP contribution in [0.2, 0.25) is 0 Å². The fraction of sp³-hybridized carbons (Fsp3) is 0.643. The molecule has 2 fully saturated rings. The van der Waals surface area contributed by atoms with E-state index in [0.717, 1.165) is 37.4 Å². The highest BCUT2D eigenvalue weighted by Crippen LogP contribution is 2.29. The summed E-state index contributed by atoms with van der Waals surface area (Å²) >= 11 is 1.76. The number of amides is 1. The van der Waals surface area contributed by atoms with Crippen molar-refractivity contribution in [3.05, 3.63) is 12.2 Å². The van der Waals surface area contributed by atoms with Crippen molar-refractivity contribution in [2.75, 3.05) is 18.2 Å². The molecule has 8 nitrogen and oxygen atoms in total. The van der Waals surface area contributed by atoms with Gasteiger partial charge < -0.3 is 26.0 Å². The summed E-state index contributed by atoms with van der Waals surface area (Å²) in [6.07, 6.45) is 3.40. The summed E-state index contributed by atoms with van der Waals surface area (Å²) in [5.74, 6) is -0.755. The molecule has 0 spiro atoms. The number of nitrogens with two attached hydrogens (primary N) is 1. The lowest BCUT2D eigenvalue weighted by Crippen LogP contribution is -2.48. The second-order valence-electron chi connectivity index (χ2n) is 5.34. The molecular weight excluding hydrogens is 324 g/mol. The minimum Gasteiger partial charge on any atom is -0.478 e. The SMILES string of the molecule is N[C@H](C(=O)N1CCSC1)[C@@H]1CCC[C@H]1O.O=C(O)/C=C/C(=O)O. The summed E-state index contributed by atoms with van der Waals surface area (Å²) in [5.41, 5.74) is 5.93. The number of carboxylic acid groups (broad SMARTS) is 2. The Labute approximate surface area is 138 Å². The molecule has 9 heteroatoms. The van der Waals surface area contributed by atoms with Crippen LogP contribution >= 0.6 is 11.8 Å². The number of nitrogens with zero attached hydrogens (tertiary/aromatic N) is 1. The number of carboxylic acids is 2. The minimum atomic E-state index is -1.26. The van der Waals surface area contributed by atoms with E-state index in [1.807, 2.05) is 0 Å². The summed E-state index contributed by atoms with van der Waals surface area (Å²) in [6.45, 7) is 0.806. The molecule has 3 atom stereocenters. The van der Waals surface area contributed by atoms with Gasteiger partial charge in [-0.2, -0.15) is 0 Å². The van der Waals surface area contributed by atoms with E-state index in [1.54, 1.807) is 16.7 Å². The van der Waals surface area contributed by atoms with Crippen LogP contribution in [-0.2, 0) is 14.4 Å². The van der Waals surface area contributed by atoms with E-state index in [4.69, 9.17) is 15.9 Å². The number of carbonyl (C=O) groups excluding carboxylic acids is 1. The van der Waals surface area contributed by atoms with Gasteiger partial charge in [-0.1, -0.05) is 6.42 Å². The number of aliphatic hydroxyl groups excluding tert-OH is 1. The van der Waals surface area contributed by atoms with Gasteiger partial charge in [-0.05, 0) is 12.8 Å². The first kappa shape index (κ1) is 19.5. The van der Waals surface area contributed by atoms with E-state index in [-0.39, 0.29) is 17.9 Å². The zero-order chi connectivity index (χ0) is 17.4. The van der Waals surface area contributed by atoms with Crippen LogP contribution in [0.15, 0.2) is 12.2 Å². The Bertz CT molecular complexity index is 448. The molecule has 0 aromatic rings. The standard InChI is InChI=1S/C10H18N2O2S.C4H4O4/c11-9(7-2-1-3-8(7)13)10(14)12-4-5-15-6-12;5-3(6)1-2-4(7)8/h7-9,13H,1-6,11H2;1-2H,(H,5,6)(H,7,8)/b;2-1+/t7-,8-,9+;/m1./s1. The average Bonchev–Trinajstić information content (AvgIpc) is 3.15. The maximum atomic E-state index is 12.0. The molecule has 1 saturated carbocycles. The fourth-order valence-corrected chi connectivity index (χ4v) is 3.47. The third kappa shape index (κ3) is 6.59. The Balaban J connectivity index is 0.000000284. The Morgan fingerprint density at radius 2 is 1.78 bits per heavy atom. The summed E-state index contributed by atoms with van der Waals surface area (Å²) in [7, 11) is 0. The molecule has 130 valence electrons. The molecule has 0 radical (unpaired) electrons. The van der Waals surface area contributed by atoms with Crippen molar-refractivity contribution in [3.63, 3.8) is 0 Å². The van der Waals surface area contributed by atoms with Crippen LogP contribution in [0.25, 0.3) is 0 Å². The lowest BCUT2D eigenvalue weighted by Gasteiger charge is -2.25. The number of carbonyl (C=O) groups is 3. The summed E-state index contributed by atoms with van der Waals surface area (Å²) in [5, 5.41) is 25.3. The topological polar surface area (TPSA) is 141 Å². The van der Waals surface area contributed by atoms with Crippen molar-refractivity contribution in [3.8, 4) is 0 Å². The first-order valence-electron chi connectivity index (χ1n) is 7.27. The molecule has 0 unspecified atom stereocenters. The van der Waals surface area contributed by atoms with Crippen LogP contribution in [0.1, 0.15) is 19.3 Å². The van der Waals surface area contributed by atoms with Gasteiger partial charge >= 0.3 is 11.9 Å². The van der Waals surface area contributed by atoms with E-state index in [0.29, 0.717) is 12.2 Å². The van der Waals surface area contributed by atoms with Crippen LogP contribution in [-0.4, -0.2) is 68.4 Å². The molecule has 1 saturated heterocycles. The molecule has 0 aromatic heterocycles. The zero-order valence-corrected chi connectivity index (χ0v) is 13.4. The van der Waals surface area contributed by atoms with Crippen molar-refractivity contribution in [2.45, 2.75) is 31.4 Å². The zero-order valence-electron chi connectivity index (χ0n) is 12.6. The molecule has 0 aromatic carbocycles. The van der Waals surface area contributed by atoms with Crippen molar-refractivity contribution in [1.29, 1.82) is 0 Å². The Morgan fingerprint density at radius 3 is 2.17 bits per heavy atom. The third-order valence-electron chi connectivity index (χ3n) is 3.71. The van der Waals surface area contributed by atoms with E-state index >= 15 is 0 Å². The number of hydrogen-bond donors (Lipinski definition) is 4. The van der Waals surface area contributed by atoms with Gasteiger partial charge in [-0.3, -0.25) is 4.79 Å². The molecule has 1 aliphatic heterocycles. The van der Waals surface area contributed by atoms with Crippen molar-refractivity contribution in [1.82, 2.24) is 4.90 Å². The summed E-state index contributed by atoms with van der Waals surface area (Å²) < 4.78 is 0. The van der Waals surface area contributed by atoms with Gasteiger partial charge in [-0.25, -0.2) is 9.59 Å². The largest absolute Gasteiger partial charge is 0.478 e. The average molecular weight is 346 g/mol. The monoisotopic (exact) mass is 346 g/mol. The molecule has 0 bridgehead atoms. The first-order chi connectivity index (χ1) is 10.8. The van der Waals surface area contributed by atoms with Crippen molar-refractivity contribution in [2.24, 2.45) is 11.7 Å². The Kier molecular flexibility index (Phi) is 8.07. The predicted octanol–water partition coefficient (Wildman–Crippen LogP) is -0.281. The number of rotatable bonds is 4. The Hall–Kier alpha value is -1.58. The van der Waals surface area contributed by atoms with Crippen LogP contribution in [0.3, 0.4) is 0 Å². The normalized spacial score (nSPS) is 25.0. The van der Waals surface area contributed by atoms with E-state index in [2.05, 4.69) is 0 Å². The van der Waals surface area contributed by atoms with Gasteiger partial charge in [0.1, 0.15) is 0 Å². The maximum Gasteiger partial charge on any atom is 0.328 e. The van der Waals surface area contributed by atoms with E-state index in [1.165, 1.54) is 0 Å². The lowest BCUT2D eigenvalue weighted by atomic mass is 9.96. The molecule has 1 heterocycles. The van der Waals surface area contributed by atoms with Gasteiger partial charge in [0, 0.05) is 30.4 Å². The molecule has 1 amide bonds. The highest BCUT2D eigenvalue weighted by molar-refractivity contribution is 7.99. The predicted molar refractivity (Wildman–Crippen MR) is 84.8 cm³/mol. The molecular formula is C14H22N2O6S. The van der Waals surface area contributed by atoms with Gasteiger partial charge in [0.2, 0.25) is 5.91 Å². The van der Waals surface area contributed by atoms with Gasteiger partial charge in [0.05, 0.1) is 18.0 Å². The van der Waals surface area contributed by atoms with Crippen LogP contribution in [0, 0.1) is 5.92 Å². The van der Waals surface area contributed by atoms with E-state index < -0.39 is 18.0 Å². The quantitative estimate of drug-likeness (QED) is 0.509. The van der Waals surface area contributed by atoms with Crippen LogP contribution < -0.4 is 5.73 Å². The van der Waals surface area contributed by atoms with Crippen LogP contribution in [0.5, 0.6) is 0 Å². The Morgan fingerprint density at radius 1 is 1.17 bits per heavy atom. The van der Waals surface area contributed by atoms with Gasteiger partial charge in [0.25, 0.3) is 0 Å². The highest BCUT2D eigenvalue weighted by Gasteiger charge is 2.36. The van der Waals surface area contributed by atoms with Gasteiger partial charge in [-0.15, -0.1) is 11.8 Å². The molecule has 2 aliphatic rings. The maximum absolute atomic E-state index is 12.0. The van der Waals surface area contributed by atoms with Gasteiger partial charge in [0.15, 0.2) is 0 Å². The third-order valence-corrected chi connectivity index (χ3v) is 4.68. The van der Waals surface area contributed by atoms with Crippen molar-refractivity contribution < 1.29 is 29.7 Å². The molecule has 23 heavy (non-hydrogen) atoms. The minimum absolute atomic E-state index is 0.0194. The van der Waals surface area contributed by atoms with Crippen LogP contribution in [0.4, 0.5) is 0 Å². The summed E-state index contributed by atoms with van der Waals surface area (Å²) in [6, 6.07) is -0.499. The smallest absolute Gasteiger partial charge is 0.328 e. The second kappa shape index (κ2) is 9.53. The van der Waals surface area contributed by atoms with Crippen molar-refractivity contribution >= 4 is 29.6 Å². The lowest BCUT2D eigenvalue weighted by molar-refractivity contribution is -0.134. The second-order valence-corrected chi connectivity index (χ2v) is 6.41. The highest BCUT2D eigenvalue weighted by atomic mass is 32.2. The number of aliphatic hydroxyl groups is 1. The first-order valence-corrected chi connectivity index (χ1v) is 8.42.